The first-order valence-corrected chi connectivity index (χ1v) is 11.4. The Bertz CT molecular complexity index is 1100. The molecule has 1 saturated heterocycles. The molecule has 2 heterocycles. The minimum absolute atomic E-state index is 0.0446. The number of hydrogen-bond acceptors (Lipinski definition) is 5. The van der Waals surface area contributed by atoms with Crippen molar-refractivity contribution in [2.45, 2.75) is 25.5 Å². The average molecular weight is 418 g/mol. The largest absolute Gasteiger partial charge is 0.491 e. The van der Waals surface area contributed by atoms with Crippen LogP contribution in [-0.2, 0) is 22.8 Å². The van der Waals surface area contributed by atoms with E-state index < -0.39 is 15.9 Å². The van der Waals surface area contributed by atoms with Crippen molar-refractivity contribution in [2.75, 3.05) is 18.1 Å². The Morgan fingerprint density at radius 3 is 2.69 bits per heavy atom. The molecule has 1 fully saturated rings. The topological polar surface area (TPSA) is 81.4 Å². The molecular weight excluding hydrogens is 395 g/mol. The third-order valence-electron chi connectivity index (χ3n) is 5.18. The van der Waals surface area contributed by atoms with E-state index in [2.05, 4.69) is 4.98 Å². The van der Waals surface area contributed by atoms with Crippen LogP contribution in [0, 0.1) is 11.7 Å². The van der Waals surface area contributed by atoms with Gasteiger partial charge in [-0.05, 0) is 48.7 Å². The Balaban J connectivity index is 1.49. The van der Waals surface area contributed by atoms with E-state index in [1.54, 1.807) is 0 Å². The number of aromatic nitrogens is 2. The number of hydrogen-bond donors (Lipinski definition) is 1. The maximum absolute atomic E-state index is 13.0. The van der Waals surface area contributed by atoms with E-state index in [-0.39, 0.29) is 36.4 Å². The molecule has 29 heavy (non-hydrogen) atoms. The Kier molecular flexibility index (Phi) is 5.56. The predicted octanol–water partition coefficient (Wildman–Crippen LogP) is 2.59. The fourth-order valence-electron chi connectivity index (χ4n) is 3.76. The average Bonchev–Trinajstić information content (AvgIpc) is 3.21. The lowest BCUT2D eigenvalue weighted by molar-refractivity contribution is 0.0925. The highest BCUT2D eigenvalue weighted by molar-refractivity contribution is 7.91. The van der Waals surface area contributed by atoms with E-state index in [1.807, 2.05) is 28.8 Å². The molecular formula is C21H23FN2O4S. The van der Waals surface area contributed by atoms with E-state index in [0.29, 0.717) is 18.6 Å². The van der Waals surface area contributed by atoms with Gasteiger partial charge in [0.1, 0.15) is 30.1 Å². The zero-order chi connectivity index (χ0) is 20.4. The van der Waals surface area contributed by atoms with Crippen molar-refractivity contribution in [1.29, 1.82) is 0 Å². The number of ether oxygens (including phenoxy) is 1. The summed E-state index contributed by atoms with van der Waals surface area (Å²) >= 11 is 0. The Morgan fingerprint density at radius 2 is 1.97 bits per heavy atom. The van der Waals surface area contributed by atoms with Gasteiger partial charge < -0.3 is 14.4 Å². The molecule has 1 aliphatic rings. The first-order valence-electron chi connectivity index (χ1n) is 9.60. The number of halogens is 1. The van der Waals surface area contributed by atoms with Gasteiger partial charge in [0.05, 0.1) is 29.1 Å². The van der Waals surface area contributed by atoms with Crippen molar-refractivity contribution < 1.29 is 22.7 Å². The molecule has 1 aliphatic heterocycles. The number of aliphatic hydroxyl groups excluding tert-OH is 1. The second kappa shape index (κ2) is 8.12. The number of fused-ring (bicyclic) bond motifs is 1. The summed E-state index contributed by atoms with van der Waals surface area (Å²) in [7, 11) is -2.96. The Morgan fingerprint density at radius 1 is 1.21 bits per heavy atom. The van der Waals surface area contributed by atoms with Crippen LogP contribution in [-0.4, -0.2) is 47.3 Å². The second-order valence-electron chi connectivity index (χ2n) is 7.52. The molecule has 1 N–H and O–H groups in total. The maximum atomic E-state index is 13.0. The molecule has 2 atom stereocenters. The second-order valence-corrected chi connectivity index (χ2v) is 9.75. The number of para-hydroxylation sites is 2. The molecule has 3 aromatic rings. The number of sulfone groups is 1. The lowest BCUT2D eigenvalue weighted by atomic mass is 10.1. The first-order chi connectivity index (χ1) is 13.9. The van der Waals surface area contributed by atoms with Crippen molar-refractivity contribution >= 4 is 20.9 Å². The summed E-state index contributed by atoms with van der Waals surface area (Å²) in [6.45, 7) is 0.325. The van der Waals surface area contributed by atoms with E-state index >= 15 is 0 Å². The molecule has 0 spiro atoms. The third-order valence-corrected chi connectivity index (χ3v) is 7.02. The minimum atomic E-state index is -2.96. The fourth-order valence-corrected chi connectivity index (χ4v) is 5.62. The summed E-state index contributed by atoms with van der Waals surface area (Å²) in [5.41, 5.74) is 1.71. The van der Waals surface area contributed by atoms with Gasteiger partial charge >= 0.3 is 0 Å². The normalized spacial score (nSPS) is 19.4. The van der Waals surface area contributed by atoms with Gasteiger partial charge in [-0.3, -0.25) is 0 Å². The van der Waals surface area contributed by atoms with E-state index in [9.17, 15) is 17.9 Å². The standard InChI is InChI=1S/C21H23FN2O4S/c22-16-5-7-18(8-6-16)28-13-17(25)12-24-20-4-2-1-3-19(20)23-21(24)11-15-9-10-29(26,27)14-15/h1-8,15,17,25H,9-14H2. The number of nitrogens with zero attached hydrogens (tertiary/aromatic N) is 2. The first kappa shape index (κ1) is 19.8. The van der Waals surface area contributed by atoms with E-state index in [0.717, 1.165) is 16.9 Å². The van der Waals surface area contributed by atoms with Crippen LogP contribution in [0.4, 0.5) is 4.39 Å². The fraction of sp³-hybridized carbons (Fsp3) is 0.381. The molecule has 0 bridgehead atoms. The lowest BCUT2D eigenvalue weighted by Crippen LogP contribution is -2.25. The quantitative estimate of drug-likeness (QED) is 0.638. The number of rotatable bonds is 7. The summed E-state index contributed by atoms with van der Waals surface area (Å²) < 4.78 is 44.1. The van der Waals surface area contributed by atoms with Gasteiger partial charge in [-0.2, -0.15) is 0 Å². The highest BCUT2D eigenvalue weighted by Crippen LogP contribution is 2.25. The smallest absolute Gasteiger partial charge is 0.150 e. The van der Waals surface area contributed by atoms with Crippen LogP contribution in [0.5, 0.6) is 5.75 Å². The van der Waals surface area contributed by atoms with Gasteiger partial charge in [-0.25, -0.2) is 17.8 Å². The van der Waals surface area contributed by atoms with Crippen molar-refractivity contribution in [1.82, 2.24) is 9.55 Å². The molecule has 154 valence electrons. The van der Waals surface area contributed by atoms with Gasteiger partial charge in [0.15, 0.2) is 9.84 Å². The number of imidazole rings is 1. The third kappa shape index (κ3) is 4.76. The van der Waals surface area contributed by atoms with Crippen molar-refractivity contribution in [3.05, 3.63) is 60.2 Å². The van der Waals surface area contributed by atoms with Crippen LogP contribution in [0.1, 0.15) is 12.2 Å². The highest BCUT2D eigenvalue weighted by atomic mass is 32.2. The summed E-state index contributed by atoms with van der Waals surface area (Å²) in [6.07, 6.45) is 0.394. The Hall–Kier alpha value is -2.45. The molecule has 0 aliphatic carbocycles. The minimum Gasteiger partial charge on any atom is -0.491 e. The molecule has 0 amide bonds. The zero-order valence-electron chi connectivity index (χ0n) is 15.9. The van der Waals surface area contributed by atoms with Gasteiger partial charge in [0, 0.05) is 6.42 Å². The number of benzene rings is 2. The Labute approximate surface area is 168 Å². The molecule has 2 aromatic carbocycles. The predicted molar refractivity (Wildman–Crippen MR) is 108 cm³/mol. The summed E-state index contributed by atoms with van der Waals surface area (Å²) in [4.78, 5) is 4.68. The molecule has 8 heteroatoms. The van der Waals surface area contributed by atoms with Gasteiger partial charge in [-0.15, -0.1) is 0 Å². The van der Waals surface area contributed by atoms with Crippen molar-refractivity contribution in [2.24, 2.45) is 5.92 Å². The monoisotopic (exact) mass is 418 g/mol. The summed E-state index contributed by atoms with van der Waals surface area (Å²) in [5, 5.41) is 10.5. The zero-order valence-corrected chi connectivity index (χ0v) is 16.7. The van der Waals surface area contributed by atoms with Gasteiger partial charge in [-0.1, -0.05) is 12.1 Å². The van der Waals surface area contributed by atoms with Crippen LogP contribution in [0.25, 0.3) is 11.0 Å². The van der Waals surface area contributed by atoms with Crippen LogP contribution in [0.15, 0.2) is 48.5 Å². The molecule has 4 rings (SSSR count). The SMILES string of the molecule is O=S1(=O)CCC(Cc2nc3ccccc3n2CC(O)COc2ccc(F)cc2)C1. The summed E-state index contributed by atoms with van der Waals surface area (Å²) in [6, 6.07) is 13.3. The molecule has 6 nitrogen and oxygen atoms in total. The number of aliphatic hydroxyl groups is 1. The van der Waals surface area contributed by atoms with E-state index in [4.69, 9.17) is 4.74 Å². The lowest BCUT2D eigenvalue weighted by Gasteiger charge is -2.17. The van der Waals surface area contributed by atoms with Gasteiger partial charge in [0.2, 0.25) is 0 Å². The van der Waals surface area contributed by atoms with Crippen LogP contribution in [0.2, 0.25) is 0 Å². The molecule has 0 saturated carbocycles. The molecule has 2 unspecified atom stereocenters. The highest BCUT2D eigenvalue weighted by Gasteiger charge is 2.29. The van der Waals surface area contributed by atoms with Crippen LogP contribution in [0.3, 0.4) is 0 Å². The van der Waals surface area contributed by atoms with Crippen LogP contribution >= 0.6 is 0 Å². The van der Waals surface area contributed by atoms with Crippen molar-refractivity contribution in [3.8, 4) is 5.75 Å². The maximum Gasteiger partial charge on any atom is 0.150 e. The van der Waals surface area contributed by atoms with E-state index in [1.165, 1.54) is 24.3 Å². The molecule has 0 radical (unpaired) electrons. The molecule has 1 aromatic heterocycles. The van der Waals surface area contributed by atoms with Crippen molar-refractivity contribution in [3.63, 3.8) is 0 Å². The van der Waals surface area contributed by atoms with Gasteiger partial charge in [0.25, 0.3) is 0 Å². The van der Waals surface area contributed by atoms with Crippen LogP contribution < -0.4 is 4.74 Å². The summed E-state index contributed by atoms with van der Waals surface area (Å²) in [5.74, 6) is 1.37.